The number of amides is 8. The number of carbonyl (C=O) groups is 10. The summed E-state index contributed by atoms with van der Waals surface area (Å²) in [6.45, 7) is 9.06. The quantitative estimate of drug-likeness (QED) is 0.0132. The minimum atomic E-state index is -4.73. The number of aromatic carboxylic acids is 2. The maximum Gasteiger partial charge on any atom is 0.418 e. The van der Waals surface area contributed by atoms with Gasteiger partial charge in [-0.15, -0.1) is 44.2 Å². The molecular formula is C60H50Cl6F9N24O14PS3. The maximum atomic E-state index is 13.0. The van der Waals surface area contributed by atoms with E-state index >= 15 is 0 Å². The van der Waals surface area contributed by atoms with Gasteiger partial charge in [-0.05, 0) is 72.7 Å². The molecule has 10 heterocycles. The number of carboxylic acids is 2. The lowest BCUT2D eigenvalue weighted by atomic mass is 10.2. The molecule has 0 aliphatic carbocycles. The van der Waals surface area contributed by atoms with E-state index in [0.29, 0.717) is 39.1 Å². The van der Waals surface area contributed by atoms with Crippen molar-refractivity contribution in [3.05, 3.63) is 188 Å². The van der Waals surface area contributed by atoms with Gasteiger partial charge in [0.25, 0.3) is 41.3 Å². The molecule has 0 aliphatic heterocycles. The van der Waals surface area contributed by atoms with Crippen molar-refractivity contribution in [2.24, 2.45) is 11.6 Å². The fourth-order valence-corrected chi connectivity index (χ4v) is 10.6. The van der Waals surface area contributed by atoms with E-state index in [-0.39, 0.29) is 84.1 Å². The number of alkyl halides is 9. The number of carbonyl (C=O) groups excluding carboxylic acids is 8. The largest absolute Gasteiger partial charge is 0.477 e. The van der Waals surface area contributed by atoms with Gasteiger partial charge in [-0.3, -0.25) is 59.2 Å². The predicted octanol–water partition coefficient (Wildman–Crippen LogP) is 11.8. The van der Waals surface area contributed by atoms with Crippen LogP contribution in [0.15, 0.2) is 97.0 Å². The summed E-state index contributed by atoms with van der Waals surface area (Å²) in [5, 5.41) is 32.7. The van der Waals surface area contributed by atoms with Gasteiger partial charge in [-0.1, -0.05) is 34.8 Å². The first-order valence-electron chi connectivity index (χ1n) is 30.8. The van der Waals surface area contributed by atoms with E-state index in [1.807, 2.05) is 5.43 Å². The van der Waals surface area contributed by atoms with Gasteiger partial charge in [0.2, 0.25) is 17.7 Å². The van der Waals surface area contributed by atoms with Crippen molar-refractivity contribution < 1.29 is 107 Å². The van der Waals surface area contributed by atoms with Crippen LogP contribution in [0.4, 0.5) is 57.0 Å². The van der Waals surface area contributed by atoms with Crippen LogP contribution in [0.3, 0.4) is 0 Å². The maximum absolute atomic E-state index is 13.0. The van der Waals surface area contributed by atoms with Crippen molar-refractivity contribution in [1.29, 1.82) is 0 Å². The third-order valence-electron chi connectivity index (χ3n) is 12.7. The molecule has 0 spiro atoms. The van der Waals surface area contributed by atoms with E-state index in [1.165, 1.54) is 44.8 Å². The summed E-state index contributed by atoms with van der Waals surface area (Å²) in [6, 6.07) is 3.62. The Labute approximate surface area is 689 Å². The zero-order valence-electron chi connectivity index (χ0n) is 58.9. The predicted molar refractivity (Wildman–Crippen MR) is 400 cm³/mol. The molecule has 0 aromatic carbocycles. The number of nitrogens with one attached hydrogen (secondary N) is 8. The number of anilines is 3. The average Bonchev–Trinajstić information content (AvgIpc) is 1.74. The number of pyridine rings is 3. The van der Waals surface area contributed by atoms with Crippen molar-refractivity contribution in [1.82, 2.24) is 96.9 Å². The molecule has 10 rings (SSSR count). The Morgan fingerprint density at radius 3 is 1.10 bits per heavy atom. The minimum Gasteiger partial charge on any atom is -0.477 e. The van der Waals surface area contributed by atoms with Gasteiger partial charge >= 0.3 is 35.7 Å². The molecular weight excluding hydrogens is 1790 g/mol. The normalized spacial score (nSPS) is 11.7. The number of carboxylic acid groups (broad SMARTS) is 2. The lowest BCUT2D eigenvalue weighted by molar-refractivity contribution is -0.138. The average molecular weight is 1840 g/mol. The number of nitrogens with two attached hydrogens (primary N) is 2. The molecule has 117 heavy (non-hydrogen) atoms. The lowest BCUT2D eigenvalue weighted by Crippen LogP contribution is -2.40. The molecule has 0 fully saturated rings. The van der Waals surface area contributed by atoms with Crippen molar-refractivity contribution in [3.8, 4) is 11.6 Å². The Kier molecular flexibility index (Phi) is 35.4. The number of aromatic nitrogens is 14. The highest BCUT2D eigenvalue weighted by atomic mass is 36.0. The van der Waals surface area contributed by atoms with E-state index in [2.05, 4.69) is 147 Å². The topological polar surface area (TPSA) is 570 Å². The molecule has 0 saturated heterocycles. The van der Waals surface area contributed by atoms with Crippen LogP contribution in [0.25, 0.3) is 11.6 Å². The smallest absolute Gasteiger partial charge is 0.418 e. The fourth-order valence-electron chi connectivity index (χ4n) is 7.56. The number of hydrazine groups is 2. The van der Waals surface area contributed by atoms with Crippen LogP contribution in [0.1, 0.15) is 172 Å². The molecule has 14 N–H and O–H groups in total. The Hall–Kier alpha value is -11.3. The van der Waals surface area contributed by atoms with Crippen molar-refractivity contribution in [3.63, 3.8) is 0 Å². The van der Waals surface area contributed by atoms with Crippen LogP contribution < -0.4 is 54.4 Å². The first-order valence-corrected chi connectivity index (χ1v) is 38.8. The molecule has 8 amide bonds. The van der Waals surface area contributed by atoms with Gasteiger partial charge in [-0.25, -0.2) is 75.2 Å². The van der Waals surface area contributed by atoms with Gasteiger partial charge in [-0.2, -0.15) is 39.5 Å². The fraction of sp³-hybridized carbons (Fsp3) is 0.200. The van der Waals surface area contributed by atoms with E-state index in [9.17, 15) is 92.0 Å². The van der Waals surface area contributed by atoms with E-state index in [1.54, 1.807) is 27.7 Å². The monoisotopic (exact) mass is 1840 g/mol. The molecule has 622 valence electrons. The highest BCUT2D eigenvalue weighted by Crippen LogP contribution is 2.61. The number of hydrogen-bond acceptors (Lipinski definition) is 31. The van der Waals surface area contributed by atoms with Gasteiger partial charge in [0.1, 0.15) is 88.9 Å². The zero-order chi connectivity index (χ0) is 87.8. The summed E-state index contributed by atoms with van der Waals surface area (Å²) in [7, 11) is 0. The second kappa shape index (κ2) is 43.0. The summed E-state index contributed by atoms with van der Waals surface area (Å²) in [5.74, 6) is -3.31. The molecule has 38 nitrogen and oxygen atoms in total. The van der Waals surface area contributed by atoms with Crippen LogP contribution in [0, 0.1) is 6.92 Å². The molecule has 0 unspecified atom stereocenters. The van der Waals surface area contributed by atoms with E-state index in [0.717, 1.165) is 77.4 Å². The number of hydrogen-bond donors (Lipinski definition) is 12. The number of nitrogens with zero attached hydrogens (tertiary/aromatic N) is 14. The minimum absolute atomic E-state index is 0.0338. The summed E-state index contributed by atoms with van der Waals surface area (Å²) in [4.78, 5) is 161. The number of rotatable bonds is 17. The molecule has 3 atom stereocenters. The molecule has 10 aromatic rings. The van der Waals surface area contributed by atoms with Crippen LogP contribution >= 0.6 is 108 Å². The van der Waals surface area contributed by atoms with Crippen LogP contribution in [0.2, 0.25) is 15.1 Å². The first-order chi connectivity index (χ1) is 54.4. The summed E-state index contributed by atoms with van der Waals surface area (Å²) < 4.78 is 131. The zero-order valence-corrected chi connectivity index (χ0v) is 66.8. The summed E-state index contributed by atoms with van der Waals surface area (Å²) >= 11 is 33.3. The third kappa shape index (κ3) is 31.7. The lowest BCUT2D eigenvalue weighted by Gasteiger charge is -2.11. The van der Waals surface area contributed by atoms with Crippen LogP contribution in [0.5, 0.6) is 0 Å². The van der Waals surface area contributed by atoms with Gasteiger partial charge in [0, 0.05) is 57.6 Å². The van der Waals surface area contributed by atoms with E-state index in [4.69, 9.17) is 55.2 Å². The molecule has 0 saturated carbocycles. The Morgan fingerprint density at radius 1 is 0.462 bits per heavy atom. The van der Waals surface area contributed by atoms with Crippen molar-refractivity contribution in [2.75, 3.05) is 16.0 Å². The van der Waals surface area contributed by atoms with E-state index < -0.39 is 121 Å². The highest BCUT2D eigenvalue weighted by molar-refractivity contribution is 8.24. The Morgan fingerprint density at radius 2 is 0.786 bits per heavy atom. The number of aryl methyl sites for hydroxylation is 1. The Bertz CT molecular complexity index is 5300. The summed E-state index contributed by atoms with van der Waals surface area (Å²) in [5.41, 5.74) is 7.66. The number of thiazole rings is 3. The van der Waals surface area contributed by atoms with Crippen molar-refractivity contribution in [2.45, 2.75) is 78.2 Å². The van der Waals surface area contributed by atoms with Crippen LogP contribution in [-0.2, 0) is 32.7 Å². The molecule has 0 aliphatic rings. The Balaban J connectivity index is 0.000000282. The van der Waals surface area contributed by atoms with Gasteiger partial charge in [0.05, 0.1) is 68.5 Å². The molecule has 0 bridgehead atoms. The molecule has 10 aromatic heterocycles. The highest BCUT2D eigenvalue weighted by Gasteiger charge is 2.37. The van der Waals surface area contributed by atoms with Crippen molar-refractivity contribution >= 4 is 184 Å². The van der Waals surface area contributed by atoms with Gasteiger partial charge < -0.3 is 46.9 Å². The van der Waals surface area contributed by atoms with Crippen LogP contribution in [-0.4, -0.2) is 139 Å². The molecule has 57 heteroatoms. The second-order valence-electron chi connectivity index (χ2n) is 21.7. The standard InChI is InChI=1S/C20H16ClF3N8O4S.C20H14ClF3N8O3S.C12H10ClF3N4OS.C6H4N2O4.C2H6N2O.Cl3OP/c1-8(29-16(34)12-4-13(28-7-27-12)17(35)32-31-9(2)33)19-26-6-14(37-19)18(36)30-15-3-10(20(22,23)24)11(21)5-25-15;1-8(29-16(33)12-4-13(28-7-27-12)18-32-31-9(2)35-18)19-26-6-14(36-19)17(34)30-15-3-10(20(22,23)24)11(21)5-25-15;1-5(17)11-19-4-8(22-11)10(21)20-9-2-6(12(14,15)16)7(13)3-18-9;9-5(10)3-1-4(6(11)12)8-2-7-3;1-2(5)4-3;1-5(2,3)4/h3-8H,1-2H3,(H,29,34)(H,31,33)(H,32,35)(H,25,30,36);3-8H,1-2H3,(H,29,33)(H,25,30,34);2-5H,17H2,1H3,(H,18,20,21);1-2H,(H,9,10)(H,11,12);3H2,1H3,(H,4,5);/t2*8-;5-;;;/m111.../s1. The second-order valence-corrected chi connectivity index (χ2v) is 32.8. The molecule has 0 radical (unpaired) electrons. The number of halogens is 15. The summed E-state index contributed by atoms with van der Waals surface area (Å²) in [6.07, 6.45) is -4.88. The SMILES string of the molecule is CC(=O)NN.CC(=O)NNC(=O)c1cc(C(=O)N[C@H](C)c2ncc(C(=O)Nc3cc(C(F)(F)F)c(Cl)cn3)s2)ncn1.C[C@@H](N)c1ncc(C(=O)Nc2cc(C(F)(F)F)c(Cl)cn2)s1.Cc1nnc(-c2cc(C(=O)N[C@H](C)c3ncc(C(=O)Nc4cc(C(F)(F)F)c(Cl)cn4)s3)ncn2)o1.O=C(O)c1cc(C(=O)O)ncn1.O=P(Cl)(Cl)Cl. The first kappa shape index (κ1) is 96.3. The van der Waals surface area contributed by atoms with Gasteiger partial charge in [0.15, 0.2) is 11.4 Å². The third-order valence-corrected chi connectivity index (χ3v) is 17.2.